The second kappa shape index (κ2) is 8.09. The highest BCUT2D eigenvalue weighted by Gasteiger charge is 2.39. The Bertz CT molecular complexity index is 905. The van der Waals surface area contributed by atoms with Gasteiger partial charge in [-0.15, -0.1) is 0 Å². The number of dihydropyridines is 1. The minimum absolute atomic E-state index is 0.0777. The lowest BCUT2D eigenvalue weighted by molar-refractivity contribution is -0.300. The van der Waals surface area contributed by atoms with Gasteiger partial charge < -0.3 is 25.1 Å². The number of carboxylic acids is 2. The highest BCUT2D eigenvalue weighted by atomic mass is 32.2. The highest BCUT2D eigenvalue weighted by Crippen LogP contribution is 2.43. The van der Waals surface area contributed by atoms with E-state index in [1.807, 2.05) is 0 Å². The van der Waals surface area contributed by atoms with E-state index in [1.165, 1.54) is 19.9 Å². The molecule has 0 amide bonds. The smallest absolute Gasteiger partial charge is 0.416 e. The largest absolute Gasteiger partial charge is 0.545 e. The van der Waals surface area contributed by atoms with E-state index in [1.54, 1.807) is 0 Å². The third-order valence-corrected chi connectivity index (χ3v) is 4.92. The van der Waals surface area contributed by atoms with Crippen LogP contribution >= 0.6 is 11.8 Å². The van der Waals surface area contributed by atoms with Crippen molar-refractivity contribution in [2.24, 2.45) is 0 Å². The summed E-state index contributed by atoms with van der Waals surface area (Å²) in [6, 6.07) is 4.09. The molecule has 0 radical (unpaired) electrons. The predicted molar refractivity (Wildman–Crippen MR) is 90.2 cm³/mol. The van der Waals surface area contributed by atoms with Crippen molar-refractivity contribution in [1.82, 2.24) is 5.32 Å². The van der Waals surface area contributed by atoms with Crippen LogP contribution < -0.4 is 15.5 Å². The molecule has 2 rings (SSSR count). The van der Waals surface area contributed by atoms with Gasteiger partial charge in [-0.05, 0) is 18.6 Å². The van der Waals surface area contributed by atoms with Crippen LogP contribution in [0.4, 0.5) is 13.2 Å². The molecule has 1 aromatic rings. The van der Waals surface area contributed by atoms with E-state index < -0.39 is 46.3 Å². The molecule has 1 atom stereocenters. The zero-order chi connectivity index (χ0) is 21.2. The Balaban J connectivity index is 2.80. The van der Waals surface area contributed by atoms with Gasteiger partial charge in [0.05, 0.1) is 17.5 Å². The van der Waals surface area contributed by atoms with E-state index in [9.17, 15) is 37.8 Å². The summed E-state index contributed by atoms with van der Waals surface area (Å²) >= 11 is 0.719. The predicted octanol–water partition coefficient (Wildman–Crippen LogP) is 0.700. The first-order chi connectivity index (χ1) is 12.9. The van der Waals surface area contributed by atoms with E-state index in [2.05, 4.69) is 5.32 Å². The summed E-state index contributed by atoms with van der Waals surface area (Å²) < 4.78 is 40.5. The van der Waals surface area contributed by atoms with Gasteiger partial charge in [0.1, 0.15) is 0 Å². The van der Waals surface area contributed by atoms with Crippen molar-refractivity contribution in [1.29, 1.82) is 0 Å². The van der Waals surface area contributed by atoms with Crippen molar-refractivity contribution >= 4 is 28.8 Å². The summed E-state index contributed by atoms with van der Waals surface area (Å²) in [5.74, 6) is -5.65. The van der Waals surface area contributed by atoms with Crippen LogP contribution in [-0.2, 0) is 20.6 Å². The topological polar surface area (TPSA) is 109 Å². The van der Waals surface area contributed by atoms with Gasteiger partial charge in [-0.25, -0.2) is 0 Å². The zero-order valence-corrected chi connectivity index (χ0v) is 15.5. The molecule has 0 aliphatic carbocycles. The van der Waals surface area contributed by atoms with Crippen LogP contribution in [0.15, 0.2) is 46.8 Å². The van der Waals surface area contributed by atoms with Crippen molar-refractivity contribution < 1.29 is 37.8 Å². The average Bonchev–Trinajstić information content (AvgIpc) is 2.57. The van der Waals surface area contributed by atoms with Crippen molar-refractivity contribution in [2.75, 3.05) is 5.75 Å². The number of carboxylic acid groups (broad SMARTS) is 2. The SMILES string of the molecule is CC(=O)SCC1=C(C(=O)[O-])C(c2ccccc2C(F)(F)F)C(C(=O)[O-])=C(C)N1. The van der Waals surface area contributed by atoms with Crippen LogP contribution in [0.25, 0.3) is 0 Å². The number of rotatable bonds is 5. The number of nitrogens with one attached hydrogen (secondary N) is 1. The normalized spacial score (nSPS) is 17.4. The molecule has 1 aliphatic heterocycles. The van der Waals surface area contributed by atoms with E-state index in [0.717, 1.165) is 30.0 Å². The van der Waals surface area contributed by atoms with Crippen LogP contribution in [0.1, 0.15) is 30.9 Å². The van der Waals surface area contributed by atoms with Gasteiger partial charge in [-0.1, -0.05) is 30.0 Å². The summed E-state index contributed by atoms with van der Waals surface area (Å²) in [5, 5.41) is 25.7. The number of allylic oxidation sites excluding steroid dienone is 1. The molecule has 1 N–H and O–H groups in total. The van der Waals surface area contributed by atoms with Crippen LogP contribution in [0.5, 0.6) is 0 Å². The molecule has 150 valence electrons. The lowest BCUT2D eigenvalue weighted by Gasteiger charge is -2.35. The van der Waals surface area contributed by atoms with E-state index in [-0.39, 0.29) is 22.3 Å². The lowest BCUT2D eigenvalue weighted by atomic mass is 9.78. The summed E-state index contributed by atoms with van der Waals surface area (Å²) in [6.45, 7) is 2.51. The first kappa shape index (κ1) is 21.5. The summed E-state index contributed by atoms with van der Waals surface area (Å²) in [5.41, 5.74) is -3.25. The first-order valence-electron chi connectivity index (χ1n) is 7.88. The first-order valence-corrected chi connectivity index (χ1v) is 8.86. The van der Waals surface area contributed by atoms with Gasteiger partial charge in [0.15, 0.2) is 5.12 Å². The number of carbonyl (C=O) groups is 3. The van der Waals surface area contributed by atoms with E-state index in [0.29, 0.717) is 0 Å². The van der Waals surface area contributed by atoms with Crippen molar-refractivity contribution in [3.05, 3.63) is 57.9 Å². The maximum Gasteiger partial charge on any atom is 0.416 e. The Kier molecular flexibility index (Phi) is 6.23. The monoisotopic (exact) mass is 413 g/mol. The zero-order valence-electron chi connectivity index (χ0n) is 14.7. The quantitative estimate of drug-likeness (QED) is 0.757. The van der Waals surface area contributed by atoms with Crippen molar-refractivity contribution in [2.45, 2.75) is 25.9 Å². The maximum atomic E-state index is 13.5. The highest BCUT2D eigenvalue weighted by molar-refractivity contribution is 8.13. The number of halogens is 3. The molecular formula is C18H14F3NO5S-2. The van der Waals surface area contributed by atoms with Gasteiger partial charge in [-0.3, -0.25) is 4.79 Å². The average molecular weight is 413 g/mol. The molecule has 10 heteroatoms. The summed E-state index contributed by atoms with van der Waals surface area (Å²) in [7, 11) is 0. The molecule has 28 heavy (non-hydrogen) atoms. The molecule has 1 heterocycles. The standard InChI is InChI=1S/C18H16F3NO5S/c1-8-13(16(24)25)14(10-5-3-4-6-11(10)18(19,20)21)15(17(26)27)12(22-8)7-28-9(2)23/h3-6,14,22H,7H2,1-2H3,(H,24,25)(H,26,27)/p-2. The van der Waals surface area contributed by atoms with Crippen molar-refractivity contribution in [3.8, 4) is 0 Å². The van der Waals surface area contributed by atoms with Gasteiger partial charge in [0.25, 0.3) is 0 Å². The number of hydrogen-bond acceptors (Lipinski definition) is 7. The Hall–Kier alpha value is -2.75. The van der Waals surface area contributed by atoms with E-state index >= 15 is 0 Å². The van der Waals surface area contributed by atoms with E-state index in [4.69, 9.17) is 0 Å². The van der Waals surface area contributed by atoms with Crippen LogP contribution in [0.3, 0.4) is 0 Å². The third-order valence-electron chi connectivity index (χ3n) is 4.08. The molecule has 6 nitrogen and oxygen atoms in total. The fourth-order valence-electron chi connectivity index (χ4n) is 3.01. The number of benzene rings is 1. The summed E-state index contributed by atoms with van der Waals surface area (Å²) in [4.78, 5) is 34.7. The Labute approximate surface area is 162 Å². The molecule has 0 saturated heterocycles. The fourth-order valence-corrected chi connectivity index (χ4v) is 3.59. The molecule has 0 bridgehead atoms. The van der Waals surface area contributed by atoms with Gasteiger partial charge in [0, 0.05) is 41.1 Å². The Morgan fingerprint density at radius 3 is 2.18 bits per heavy atom. The van der Waals surface area contributed by atoms with Gasteiger partial charge >= 0.3 is 6.18 Å². The third kappa shape index (κ3) is 4.38. The molecule has 0 fully saturated rings. The van der Waals surface area contributed by atoms with Gasteiger partial charge in [0.2, 0.25) is 0 Å². The molecular weight excluding hydrogens is 399 g/mol. The molecule has 1 aliphatic rings. The lowest BCUT2D eigenvalue weighted by Crippen LogP contribution is -2.41. The molecule has 1 aromatic carbocycles. The molecule has 0 spiro atoms. The minimum atomic E-state index is -4.85. The number of thioether (sulfide) groups is 1. The summed E-state index contributed by atoms with van der Waals surface area (Å²) in [6.07, 6.45) is -4.85. The number of carbonyl (C=O) groups excluding carboxylic acids is 3. The maximum absolute atomic E-state index is 13.5. The fraction of sp³-hybridized carbons (Fsp3) is 0.278. The Morgan fingerprint density at radius 1 is 1.11 bits per heavy atom. The van der Waals surface area contributed by atoms with Crippen LogP contribution in [0.2, 0.25) is 0 Å². The molecule has 0 aromatic heterocycles. The van der Waals surface area contributed by atoms with Crippen LogP contribution in [-0.4, -0.2) is 22.8 Å². The number of hydrogen-bond donors (Lipinski definition) is 1. The molecule has 0 saturated carbocycles. The molecule has 1 unspecified atom stereocenters. The van der Waals surface area contributed by atoms with Crippen molar-refractivity contribution in [3.63, 3.8) is 0 Å². The van der Waals surface area contributed by atoms with Gasteiger partial charge in [-0.2, -0.15) is 13.2 Å². The minimum Gasteiger partial charge on any atom is -0.545 e. The second-order valence-electron chi connectivity index (χ2n) is 5.93. The number of alkyl halides is 3. The second-order valence-corrected chi connectivity index (χ2v) is 7.08. The number of aliphatic carboxylic acids is 2. The Morgan fingerprint density at radius 2 is 1.68 bits per heavy atom. The van der Waals surface area contributed by atoms with Crippen LogP contribution in [0, 0.1) is 0 Å².